The smallest absolute Gasteiger partial charge is 0.253 e. The van der Waals surface area contributed by atoms with Gasteiger partial charge in [-0.25, -0.2) is 4.98 Å². The number of likely N-dealkylation sites (tertiary alicyclic amines) is 1. The topological polar surface area (TPSA) is 69.5 Å². The Morgan fingerprint density at radius 3 is 2.91 bits per heavy atom. The summed E-state index contributed by atoms with van der Waals surface area (Å²) >= 11 is 3.32. The molecule has 3 heterocycles. The van der Waals surface area contributed by atoms with Gasteiger partial charge in [0.15, 0.2) is 6.10 Å². The number of ether oxygens (including phenoxy) is 1. The molecule has 0 aliphatic carbocycles. The van der Waals surface area contributed by atoms with E-state index in [-0.39, 0.29) is 5.91 Å². The van der Waals surface area contributed by atoms with E-state index in [4.69, 9.17) is 4.74 Å². The third-order valence-corrected chi connectivity index (χ3v) is 4.45. The van der Waals surface area contributed by atoms with Crippen molar-refractivity contribution in [2.45, 2.75) is 18.9 Å². The fraction of sp³-hybridized carbons (Fsp3) is 0.533. The quantitative estimate of drug-likeness (QED) is 0.795. The molecule has 0 bridgehead atoms. The zero-order valence-electron chi connectivity index (χ0n) is 12.2. The third kappa shape index (κ3) is 3.08. The van der Waals surface area contributed by atoms with Crippen molar-refractivity contribution in [3.8, 4) is 6.07 Å². The fourth-order valence-corrected chi connectivity index (χ4v) is 3.23. The highest BCUT2D eigenvalue weighted by molar-refractivity contribution is 9.10. The normalized spacial score (nSPS) is 21.7. The number of amides is 1. The van der Waals surface area contributed by atoms with E-state index in [0.29, 0.717) is 31.1 Å². The van der Waals surface area contributed by atoms with Crippen LogP contribution < -0.4 is 4.90 Å². The maximum atomic E-state index is 12.5. The molecule has 6 nitrogen and oxygen atoms in total. The summed E-state index contributed by atoms with van der Waals surface area (Å²) in [6.07, 6.45) is 3.33. The number of nitrogens with zero attached hydrogens (tertiary/aromatic N) is 4. The van der Waals surface area contributed by atoms with Crippen molar-refractivity contribution in [3.63, 3.8) is 0 Å². The van der Waals surface area contributed by atoms with Crippen LogP contribution in [0.4, 0.5) is 5.82 Å². The molecule has 1 unspecified atom stereocenters. The van der Waals surface area contributed by atoms with Crippen molar-refractivity contribution in [1.29, 1.82) is 5.26 Å². The molecular formula is C15H17BrN4O2. The number of rotatable bonds is 2. The molecular weight excluding hydrogens is 348 g/mol. The molecule has 0 aromatic carbocycles. The maximum absolute atomic E-state index is 12.5. The predicted molar refractivity (Wildman–Crippen MR) is 84.4 cm³/mol. The number of carbonyl (C=O) groups excluding carboxylic acids is 1. The first-order valence-electron chi connectivity index (χ1n) is 7.40. The molecule has 3 rings (SSSR count). The Hall–Kier alpha value is -1.65. The van der Waals surface area contributed by atoms with E-state index >= 15 is 0 Å². The highest BCUT2D eigenvalue weighted by atomic mass is 79.9. The Balaban J connectivity index is 1.76. The summed E-state index contributed by atoms with van der Waals surface area (Å²) in [5, 5.41) is 9.28. The molecule has 116 valence electrons. The molecule has 2 fully saturated rings. The maximum Gasteiger partial charge on any atom is 0.253 e. The minimum Gasteiger partial charge on any atom is -0.365 e. The van der Waals surface area contributed by atoms with Crippen LogP contribution in [0.1, 0.15) is 18.4 Å². The lowest BCUT2D eigenvalue weighted by molar-refractivity contribution is -0.143. The summed E-state index contributed by atoms with van der Waals surface area (Å²) in [5.74, 6) is 0.672. The lowest BCUT2D eigenvalue weighted by Gasteiger charge is -2.35. The number of pyridine rings is 1. The molecule has 7 heteroatoms. The number of hydrogen-bond acceptors (Lipinski definition) is 5. The van der Waals surface area contributed by atoms with E-state index in [1.54, 1.807) is 12.3 Å². The first-order chi connectivity index (χ1) is 10.7. The summed E-state index contributed by atoms with van der Waals surface area (Å²) < 4.78 is 6.42. The summed E-state index contributed by atoms with van der Waals surface area (Å²) in [5.41, 5.74) is 0.503. The molecule has 2 aliphatic rings. The van der Waals surface area contributed by atoms with Gasteiger partial charge in [0, 0.05) is 30.3 Å². The molecule has 22 heavy (non-hydrogen) atoms. The number of carbonyl (C=O) groups is 1. The molecule has 2 saturated heterocycles. The van der Waals surface area contributed by atoms with Gasteiger partial charge in [0.25, 0.3) is 5.91 Å². The number of hydrogen-bond donors (Lipinski definition) is 0. The third-order valence-electron chi connectivity index (χ3n) is 4.01. The van der Waals surface area contributed by atoms with Crippen molar-refractivity contribution in [2.75, 3.05) is 37.7 Å². The highest BCUT2D eigenvalue weighted by Crippen LogP contribution is 2.23. The minimum atomic E-state index is -0.469. The van der Waals surface area contributed by atoms with Crippen LogP contribution >= 0.6 is 15.9 Å². The summed E-state index contributed by atoms with van der Waals surface area (Å²) in [7, 11) is 0. The van der Waals surface area contributed by atoms with E-state index in [2.05, 4.69) is 27.0 Å². The second-order valence-electron chi connectivity index (χ2n) is 5.47. The van der Waals surface area contributed by atoms with Crippen LogP contribution in [0.15, 0.2) is 16.7 Å². The van der Waals surface area contributed by atoms with Gasteiger partial charge in [-0.3, -0.25) is 4.79 Å². The summed E-state index contributed by atoms with van der Waals surface area (Å²) in [6, 6.07) is 3.91. The van der Waals surface area contributed by atoms with E-state index in [1.807, 2.05) is 9.80 Å². The van der Waals surface area contributed by atoms with E-state index in [1.165, 1.54) is 0 Å². The van der Waals surface area contributed by atoms with Gasteiger partial charge in [0.2, 0.25) is 0 Å². The van der Waals surface area contributed by atoms with Gasteiger partial charge in [-0.05, 0) is 34.8 Å². The van der Waals surface area contributed by atoms with Gasteiger partial charge in [-0.2, -0.15) is 5.26 Å². The molecule has 0 spiro atoms. The lowest BCUT2D eigenvalue weighted by Crippen LogP contribution is -2.51. The van der Waals surface area contributed by atoms with Gasteiger partial charge in [0.1, 0.15) is 11.9 Å². The summed E-state index contributed by atoms with van der Waals surface area (Å²) in [4.78, 5) is 20.6. The van der Waals surface area contributed by atoms with Crippen molar-refractivity contribution in [3.05, 3.63) is 22.3 Å². The van der Waals surface area contributed by atoms with Gasteiger partial charge in [-0.1, -0.05) is 0 Å². The van der Waals surface area contributed by atoms with E-state index in [0.717, 1.165) is 30.4 Å². The number of anilines is 1. The molecule has 1 aromatic heterocycles. The second kappa shape index (κ2) is 6.63. The van der Waals surface area contributed by atoms with Gasteiger partial charge in [0.05, 0.1) is 18.7 Å². The number of aromatic nitrogens is 1. The Morgan fingerprint density at radius 1 is 1.41 bits per heavy atom. The second-order valence-corrected chi connectivity index (χ2v) is 6.39. The zero-order valence-corrected chi connectivity index (χ0v) is 13.8. The van der Waals surface area contributed by atoms with Crippen molar-refractivity contribution >= 4 is 27.7 Å². The van der Waals surface area contributed by atoms with Crippen LogP contribution in [0.3, 0.4) is 0 Å². The van der Waals surface area contributed by atoms with Gasteiger partial charge >= 0.3 is 0 Å². The molecule has 1 amide bonds. The largest absolute Gasteiger partial charge is 0.365 e. The average Bonchev–Trinajstić information content (AvgIpc) is 3.08. The molecule has 1 aromatic rings. The number of morpholine rings is 1. The number of halogens is 1. The van der Waals surface area contributed by atoms with Crippen molar-refractivity contribution in [1.82, 2.24) is 9.88 Å². The highest BCUT2D eigenvalue weighted by Gasteiger charge is 2.32. The van der Waals surface area contributed by atoms with Gasteiger partial charge < -0.3 is 14.5 Å². The van der Waals surface area contributed by atoms with Crippen LogP contribution in [0.2, 0.25) is 0 Å². The monoisotopic (exact) mass is 364 g/mol. The minimum absolute atomic E-state index is 0.0535. The van der Waals surface area contributed by atoms with Crippen LogP contribution in [-0.4, -0.2) is 54.7 Å². The molecule has 2 aliphatic heterocycles. The Bertz CT molecular complexity index is 610. The van der Waals surface area contributed by atoms with Crippen LogP contribution in [0.5, 0.6) is 0 Å². The van der Waals surface area contributed by atoms with Crippen molar-refractivity contribution in [2.24, 2.45) is 0 Å². The van der Waals surface area contributed by atoms with Crippen LogP contribution in [0, 0.1) is 11.3 Å². The summed E-state index contributed by atoms with van der Waals surface area (Å²) in [6.45, 7) is 3.18. The molecule has 0 N–H and O–H groups in total. The van der Waals surface area contributed by atoms with Crippen LogP contribution in [-0.2, 0) is 9.53 Å². The SMILES string of the molecule is N#Cc1cc(Br)cnc1N1CCOC(C(=O)N2CCCC2)C1. The average molecular weight is 365 g/mol. The molecule has 1 atom stereocenters. The van der Waals surface area contributed by atoms with Crippen molar-refractivity contribution < 1.29 is 9.53 Å². The first-order valence-corrected chi connectivity index (χ1v) is 8.19. The standard InChI is InChI=1S/C15H17BrN4O2/c16-12-7-11(8-17)14(18-9-12)20-5-6-22-13(10-20)15(21)19-3-1-2-4-19/h7,9,13H,1-6,10H2. The van der Waals surface area contributed by atoms with E-state index < -0.39 is 6.10 Å². The molecule has 0 radical (unpaired) electrons. The lowest BCUT2D eigenvalue weighted by atomic mass is 10.2. The Morgan fingerprint density at radius 2 is 2.18 bits per heavy atom. The first kappa shape index (κ1) is 15.3. The zero-order chi connectivity index (χ0) is 15.5. The number of nitriles is 1. The molecule has 0 saturated carbocycles. The Labute approximate surface area is 137 Å². The van der Waals surface area contributed by atoms with Crippen LogP contribution in [0.25, 0.3) is 0 Å². The Kier molecular flexibility index (Phi) is 4.60. The fourth-order valence-electron chi connectivity index (χ4n) is 2.90. The predicted octanol–water partition coefficient (Wildman–Crippen LogP) is 1.54. The van der Waals surface area contributed by atoms with Gasteiger partial charge in [-0.15, -0.1) is 0 Å². The van der Waals surface area contributed by atoms with E-state index in [9.17, 15) is 10.1 Å².